The fourth-order valence-electron chi connectivity index (χ4n) is 2.98. The van der Waals surface area contributed by atoms with Crippen LogP contribution in [-0.4, -0.2) is 54.5 Å². The van der Waals surface area contributed by atoms with Gasteiger partial charge in [0.05, 0.1) is 21.7 Å². The van der Waals surface area contributed by atoms with Gasteiger partial charge in [0.15, 0.2) is 5.13 Å². The number of carbonyl (C=O) groups is 1. The zero-order chi connectivity index (χ0) is 21.7. The quantitative estimate of drug-likeness (QED) is 0.375. The van der Waals surface area contributed by atoms with E-state index >= 15 is 0 Å². The number of non-ortho nitro benzene ring substituents is 1. The van der Waals surface area contributed by atoms with Crippen LogP contribution in [0.25, 0.3) is 10.2 Å². The smallest absolute Gasteiger partial charge is 0.269 e. The molecular formula is C21H24N4O4S. The Hall–Kier alpha value is -3.04. The van der Waals surface area contributed by atoms with Gasteiger partial charge in [-0.05, 0) is 64.3 Å². The van der Waals surface area contributed by atoms with Gasteiger partial charge < -0.3 is 9.64 Å². The third kappa shape index (κ3) is 5.11. The highest BCUT2D eigenvalue weighted by atomic mass is 32.1. The van der Waals surface area contributed by atoms with Crippen molar-refractivity contribution >= 4 is 38.3 Å². The predicted molar refractivity (Wildman–Crippen MR) is 119 cm³/mol. The molecule has 158 valence electrons. The van der Waals surface area contributed by atoms with Gasteiger partial charge in [-0.1, -0.05) is 11.3 Å². The Morgan fingerprint density at radius 1 is 1.17 bits per heavy atom. The van der Waals surface area contributed by atoms with Crippen LogP contribution in [0.1, 0.15) is 23.7 Å². The normalized spacial score (nSPS) is 11.1. The summed E-state index contributed by atoms with van der Waals surface area (Å²) in [6.07, 6.45) is 0.770. The first kappa shape index (κ1) is 21.7. The van der Waals surface area contributed by atoms with E-state index in [0.717, 1.165) is 28.9 Å². The van der Waals surface area contributed by atoms with Crippen LogP contribution in [0.15, 0.2) is 42.5 Å². The van der Waals surface area contributed by atoms with E-state index in [1.807, 2.05) is 39.2 Å². The fraction of sp³-hybridized carbons (Fsp3) is 0.333. The van der Waals surface area contributed by atoms with E-state index in [1.54, 1.807) is 4.90 Å². The van der Waals surface area contributed by atoms with Crippen molar-refractivity contribution in [2.75, 3.05) is 38.7 Å². The molecule has 8 nitrogen and oxygen atoms in total. The molecule has 0 spiro atoms. The molecule has 0 bridgehead atoms. The average molecular weight is 429 g/mol. The van der Waals surface area contributed by atoms with Crippen LogP contribution in [-0.2, 0) is 0 Å². The summed E-state index contributed by atoms with van der Waals surface area (Å²) in [6.45, 7) is 3.82. The number of rotatable bonds is 9. The largest absolute Gasteiger partial charge is 0.494 e. The second kappa shape index (κ2) is 9.64. The van der Waals surface area contributed by atoms with E-state index in [-0.39, 0.29) is 11.6 Å². The topological polar surface area (TPSA) is 88.8 Å². The van der Waals surface area contributed by atoms with Crippen LogP contribution in [0.3, 0.4) is 0 Å². The molecule has 1 heterocycles. The maximum atomic E-state index is 13.2. The molecule has 0 radical (unpaired) electrons. The Kier molecular flexibility index (Phi) is 6.96. The Balaban J connectivity index is 1.92. The molecule has 0 saturated heterocycles. The number of fused-ring (bicyclic) bond motifs is 1. The lowest BCUT2D eigenvalue weighted by Gasteiger charge is -2.21. The highest BCUT2D eigenvalue weighted by Gasteiger charge is 2.22. The summed E-state index contributed by atoms with van der Waals surface area (Å²) in [5, 5.41) is 11.5. The first-order valence-electron chi connectivity index (χ1n) is 9.63. The number of nitro groups is 1. The average Bonchev–Trinajstić information content (AvgIpc) is 3.14. The third-order valence-corrected chi connectivity index (χ3v) is 5.49. The van der Waals surface area contributed by atoms with Crippen LogP contribution in [0.5, 0.6) is 5.75 Å². The Labute approximate surface area is 178 Å². The van der Waals surface area contributed by atoms with E-state index in [0.29, 0.717) is 23.8 Å². The number of nitro benzene ring substituents is 1. The van der Waals surface area contributed by atoms with Crippen molar-refractivity contribution < 1.29 is 14.5 Å². The molecule has 0 unspecified atom stereocenters. The summed E-state index contributed by atoms with van der Waals surface area (Å²) in [6, 6.07) is 11.3. The Morgan fingerprint density at radius 2 is 1.90 bits per heavy atom. The molecule has 0 saturated carbocycles. The molecule has 0 atom stereocenters. The van der Waals surface area contributed by atoms with Crippen LogP contribution in [0.4, 0.5) is 10.8 Å². The van der Waals surface area contributed by atoms with Gasteiger partial charge in [-0.25, -0.2) is 4.98 Å². The highest BCUT2D eigenvalue weighted by Crippen LogP contribution is 2.32. The summed E-state index contributed by atoms with van der Waals surface area (Å²) in [5.74, 6) is 0.536. The van der Waals surface area contributed by atoms with Crippen molar-refractivity contribution in [3.05, 3.63) is 58.1 Å². The van der Waals surface area contributed by atoms with E-state index in [9.17, 15) is 14.9 Å². The molecule has 30 heavy (non-hydrogen) atoms. The molecular weight excluding hydrogens is 404 g/mol. The fourth-order valence-corrected chi connectivity index (χ4v) is 3.99. The monoisotopic (exact) mass is 428 g/mol. The number of thiazole rings is 1. The van der Waals surface area contributed by atoms with Crippen molar-refractivity contribution in [2.45, 2.75) is 13.3 Å². The van der Waals surface area contributed by atoms with Crippen molar-refractivity contribution in [1.29, 1.82) is 0 Å². The molecule has 0 aliphatic carbocycles. The standard InChI is InChI=1S/C21H24N4O4S/c1-4-29-17-10-11-18-19(14-17)30-21(22-18)24(13-5-12-23(2)3)20(26)15-6-8-16(9-7-15)25(27)28/h6-11,14H,4-5,12-13H2,1-3H3. The Morgan fingerprint density at radius 3 is 2.53 bits per heavy atom. The molecule has 1 amide bonds. The van der Waals surface area contributed by atoms with Crippen molar-refractivity contribution in [2.24, 2.45) is 0 Å². The predicted octanol–water partition coefficient (Wildman–Crippen LogP) is 4.20. The molecule has 9 heteroatoms. The minimum Gasteiger partial charge on any atom is -0.494 e. The van der Waals surface area contributed by atoms with Gasteiger partial charge in [-0.2, -0.15) is 0 Å². The molecule has 0 fully saturated rings. The summed E-state index contributed by atoms with van der Waals surface area (Å²) in [5.41, 5.74) is 1.14. The third-order valence-electron chi connectivity index (χ3n) is 4.45. The lowest BCUT2D eigenvalue weighted by atomic mass is 10.2. The number of nitrogens with zero attached hydrogens (tertiary/aromatic N) is 4. The Bertz CT molecular complexity index is 1030. The summed E-state index contributed by atoms with van der Waals surface area (Å²) < 4.78 is 6.50. The van der Waals surface area contributed by atoms with Gasteiger partial charge in [0.2, 0.25) is 0 Å². The number of amides is 1. The van der Waals surface area contributed by atoms with Gasteiger partial charge >= 0.3 is 0 Å². The SMILES string of the molecule is CCOc1ccc2nc(N(CCCN(C)C)C(=O)c3ccc([N+](=O)[O-])cc3)sc2c1. The second-order valence-electron chi connectivity index (χ2n) is 6.98. The second-order valence-corrected chi connectivity index (χ2v) is 7.99. The van der Waals surface area contributed by atoms with Gasteiger partial charge in [0.25, 0.3) is 11.6 Å². The summed E-state index contributed by atoms with van der Waals surface area (Å²) in [4.78, 5) is 32.0. The molecule has 0 N–H and O–H groups in total. The number of carbonyl (C=O) groups excluding carboxylic acids is 1. The number of hydrogen-bond donors (Lipinski definition) is 0. The lowest BCUT2D eigenvalue weighted by Crippen LogP contribution is -2.33. The number of hydrogen-bond acceptors (Lipinski definition) is 7. The molecule has 1 aromatic heterocycles. The van der Waals surface area contributed by atoms with Crippen molar-refractivity contribution in [1.82, 2.24) is 9.88 Å². The van der Waals surface area contributed by atoms with Gasteiger partial charge in [-0.15, -0.1) is 0 Å². The minimum atomic E-state index is -0.480. The van der Waals surface area contributed by atoms with Gasteiger partial charge in [0, 0.05) is 24.2 Å². The van der Waals surface area contributed by atoms with Crippen LogP contribution in [0.2, 0.25) is 0 Å². The summed E-state index contributed by atoms with van der Waals surface area (Å²) >= 11 is 1.43. The molecule has 0 aliphatic heterocycles. The number of ether oxygens (including phenoxy) is 1. The van der Waals surface area contributed by atoms with Crippen LogP contribution >= 0.6 is 11.3 Å². The number of benzene rings is 2. The van der Waals surface area contributed by atoms with Gasteiger partial charge in [-0.3, -0.25) is 19.8 Å². The first-order valence-corrected chi connectivity index (χ1v) is 10.4. The van der Waals surface area contributed by atoms with E-state index in [1.165, 1.54) is 35.6 Å². The van der Waals surface area contributed by atoms with E-state index < -0.39 is 4.92 Å². The van der Waals surface area contributed by atoms with Crippen LogP contribution in [0, 0.1) is 10.1 Å². The summed E-state index contributed by atoms with van der Waals surface area (Å²) in [7, 11) is 3.96. The maximum Gasteiger partial charge on any atom is 0.269 e. The molecule has 3 aromatic rings. The molecule has 2 aromatic carbocycles. The van der Waals surface area contributed by atoms with Crippen molar-refractivity contribution in [3.8, 4) is 5.75 Å². The lowest BCUT2D eigenvalue weighted by molar-refractivity contribution is -0.384. The minimum absolute atomic E-state index is 0.0471. The zero-order valence-electron chi connectivity index (χ0n) is 17.2. The maximum absolute atomic E-state index is 13.2. The van der Waals surface area contributed by atoms with Gasteiger partial charge in [0.1, 0.15) is 5.75 Å². The number of anilines is 1. The zero-order valence-corrected chi connectivity index (χ0v) is 18.0. The number of aromatic nitrogens is 1. The highest BCUT2D eigenvalue weighted by molar-refractivity contribution is 7.22. The first-order chi connectivity index (χ1) is 14.4. The molecule has 0 aliphatic rings. The van der Waals surface area contributed by atoms with E-state index in [2.05, 4.69) is 9.88 Å². The van der Waals surface area contributed by atoms with E-state index in [4.69, 9.17) is 4.74 Å². The molecule has 3 rings (SSSR count). The van der Waals surface area contributed by atoms with Crippen LogP contribution < -0.4 is 9.64 Å². The van der Waals surface area contributed by atoms with Crippen molar-refractivity contribution in [3.63, 3.8) is 0 Å².